The number of carbonyl (C=O) groups is 2. The van der Waals surface area contributed by atoms with Gasteiger partial charge in [-0.15, -0.1) is 0 Å². The van der Waals surface area contributed by atoms with E-state index in [0.29, 0.717) is 0 Å². The van der Waals surface area contributed by atoms with E-state index in [-0.39, 0.29) is 0 Å². The van der Waals surface area contributed by atoms with Crippen LogP contribution in [0, 0.1) is 0 Å². The number of hydrogen-bond donors (Lipinski definition) is 0. The first-order valence-corrected chi connectivity index (χ1v) is 9.07. The Kier molecular flexibility index (Phi) is 2.32. The third-order valence-corrected chi connectivity index (χ3v) is 4.26. The number of carbonyl (C=O) groups excluding carboxylic acids is 2. The zero-order chi connectivity index (χ0) is 6.85. The average Bonchev–Trinajstić information content (AvgIpc) is 2.12. The van der Waals surface area contributed by atoms with Crippen LogP contribution in [0.25, 0.3) is 0 Å². The van der Waals surface area contributed by atoms with Crippen molar-refractivity contribution in [2.45, 2.75) is 0 Å². The fraction of sp³-hybridized carbons (Fsp3) is 0. The molecule has 0 aromatic carbocycles. The summed E-state index contributed by atoms with van der Waals surface area (Å²) in [4.78, 5) is 21.0. The van der Waals surface area contributed by atoms with E-state index >= 15 is 0 Å². The van der Waals surface area contributed by atoms with Gasteiger partial charge in [-0.3, -0.25) is 0 Å². The molecule has 1 rings (SSSR count). The summed E-state index contributed by atoms with van der Waals surface area (Å²) in [5.74, 6) is 0. The number of urea groups is 2. The molecule has 0 aromatic rings. The monoisotopic (exact) mass is 352 g/mol. The molecule has 5 nitrogen and oxygen atoms in total. The molecule has 0 fully saturated rings. The van der Waals surface area contributed by atoms with Crippen LogP contribution in [0.15, 0.2) is 10.2 Å². The Bertz CT molecular complexity index is 172. The molecule has 0 aliphatic carbocycles. The first-order chi connectivity index (χ1) is 4.25. The molecule has 0 radical (unpaired) electrons. The molecular weight excluding hydrogens is 352 g/mol. The zero-order valence-electron chi connectivity index (χ0n) is 3.91. The van der Waals surface area contributed by atoms with E-state index in [4.69, 9.17) is 0 Å². The zero-order valence-corrected chi connectivity index (χ0v) is 8.23. The second-order valence-corrected chi connectivity index (χ2v) is 4.89. The first-order valence-electron chi connectivity index (χ1n) is 1.81. The van der Waals surface area contributed by atoms with Gasteiger partial charge in [-0.1, -0.05) is 0 Å². The van der Waals surface area contributed by atoms with Crippen molar-refractivity contribution in [1.82, 2.24) is 3.11 Å². The topological polar surface area (TPSA) is 62.1 Å². The summed E-state index contributed by atoms with van der Waals surface area (Å²) in [6.07, 6.45) is 0. The van der Waals surface area contributed by atoms with Crippen LogP contribution in [0.5, 0.6) is 0 Å². The quantitative estimate of drug-likeness (QED) is 0.420. The van der Waals surface area contributed by atoms with Crippen LogP contribution >= 0.6 is 18.6 Å². The van der Waals surface area contributed by atoms with Gasteiger partial charge in [0.25, 0.3) is 0 Å². The van der Waals surface area contributed by atoms with E-state index in [1.165, 1.54) is 0 Å². The first kappa shape index (κ1) is 7.31. The normalized spacial score (nSPS) is 18.1. The average molecular weight is 352 g/mol. The summed E-state index contributed by atoms with van der Waals surface area (Å²) in [6, 6.07) is -1.05. The van der Waals surface area contributed by atoms with E-state index in [1.54, 1.807) is 0 Å². The molecule has 9 heavy (non-hydrogen) atoms. The van der Waals surface area contributed by atoms with E-state index in [9.17, 15) is 9.59 Å². The molecule has 50 valence electrons. The van der Waals surface area contributed by atoms with Gasteiger partial charge < -0.3 is 0 Å². The molecule has 0 unspecified atom stereocenters. The molecule has 4 amide bonds. The van der Waals surface area contributed by atoms with Crippen LogP contribution in [0.4, 0.5) is 9.59 Å². The van der Waals surface area contributed by atoms with E-state index < -0.39 is 29.6 Å². The Balaban J connectivity index is 2.75. The van der Waals surface area contributed by atoms with Crippen molar-refractivity contribution in [2.24, 2.45) is 10.2 Å². The fourth-order valence-corrected chi connectivity index (χ4v) is 2.90. The van der Waals surface area contributed by atoms with Crippen molar-refractivity contribution in [3.8, 4) is 0 Å². The Morgan fingerprint density at radius 2 is 1.78 bits per heavy atom. The van der Waals surface area contributed by atoms with Gasteiger partial charge in [0.1, 0.15) is 0 Å². The fourth-order valence-electron chi connectivity index (χ4n) is 0.301. The van der Waals surface area contributed by atoms with Gasteiger partial charge in [0.05, 0.1) is 0 Å². The number of nitrogens with zero attached hydrogens (tertiary/aromatic N) is 3. The van der Waals surface area contributed by atoms with Gasteiger partial charge in [-0.05, 0) is 0 Å². The number of halogens is 2. The number of imide groups is 1. The van der Waals surface area contributed by atoms with Gasteiger partial charge >= 0.3 is 71.1 Å². The van der Waals surface area contributed by atoms with E-state index in [0.717, 1.165) is 3.11 Å². The third-order valence-electron chi connectivity index (χ3n) is 0.621. The van der Waals surface area contributed by atoms with Crippen molar-refractivity contribution >= 4 is 30.7 Å². The van der Waals surface area contributed by atoms with E-state index in [1.807, 2.05) is 18.6 Å². The maximum absolute atomic E-state index is 10.5. The number of hydrogen-bond acceptors (Lipinski definition) is 2. The molecule has 1 heterocycles. The maximum atomic E-state index is 10.5. The van der Waals surface area contributed by atoms with Crippen molar-refractivity contribution in [3.05, 3.63) is 0 Å². The number of azo groups is 1. The molecule has 1 aliphatic rings. The summed E-state index contributed by atoms with van der Waals surface area (Å²) in [7, 11) is 0. The van der Waals surface area contributed by atoms with Gasteiger partial charge in [0, 0.05) is 0 Å². The van der Waals surface area contributed by atoms with Crippen LogP contribution in [0.3, 0.4) is 0 Å². The van der Waals surface area contributed by atoms with Gasteiger partial charge in [-0.25, -0.2) is 0 Å². The molecule has 0 saturated carbocycles. The number of rotatable bonds is 1. The Labute approximate surface area is 70.7 Å². The second-order valence-electron chi connectivity index (χ2n) is 1.11. The molecular formula is C2I2N3O2-. The molecule has 0 N–H and O–H groups in total. The Morgan fingerprint density at radius 1 is 1.33 bits per heavy atom. The van der Waals surface area contributed by atoms with Crippen LogP contribution < -0.4 is 17.5 Å². The van der Waals surface area contributed by atoms with Crippen LogP contribution in [-0.2, 0) is 0 Å². The van der Waals surface area contributed by atoms with Crippen molar-refractivity contribution < 1.29 is 27.1 Å². The minimum absolute atomic E-state index is 0.526. The molecule has 0 aromatic heterocycles. The predicted octanol–water partition coefficient (Wildman–Crippen LogP) is -1.65. The summed E-state index contributed by atoms with van der Waals surface area (Å²) in [6.45, 7) is 0. The summed E-state index contributed by atoms with van der Waals surface area (Å²) in [5, 5.41) is 6.11. The van der Waals surface area contributed by atoms with Gasteiger partial charge in [0.2, 0.25) is 0 Å². The van der Waals surface area contributed by atoms with Crippen molar-refractivity contribution in [2.75, 3.05) is 0 Å². The molecule has 0 spiro atoms. The van der Waals surface area contributed by atoms with E-state index in [2.05, 4.69) is 10.2 Å². The summed E-state index contributed by atoms with van der Waals surface area (Å²) < 4.78 is 1.06. The molecule has 0 bridgehead atoms. The molecule has 7 heteroatoms. The molecule has 0 saturated heterocycles. The minimum atomic E-state index is -0.560. The summed E-state index contributed by atoms with van der Waals surface area (Å²) in [5.41, 5.74) is 0. The van der Waals surface area contributed by atoms with Crippen molar-refractivity contribution in [3.63, 3.8) is 0 Å². The van der Waals surface area contributed by atoms with Crippen LogP contribution in [0.1, 0.15) is 0 Å². The van der Waals surface area contributed by atoms with Crippen LogP contribution in [-0.4, -0.2) is 15.2 Å². The number of amides is 4. The van der Waals surface area contributed by atoms with Crippen LogP contribution in [0.2, 0.25) is 0 Å². The van der Waals surface area contributed by atoms with Gasteiger partial charge in [-0.2, -0.15) is 0 Å². The molecule has 0 atom stereocenters. The Morgan fingerprint density at radius 3 is 2.00 bits per heavy atom. The Hall–Kier alpha value is 0.200. The van der Waals surface area contributed by atoms with Gasteiger partial charge in [0.15, 0.2) is 0 Å². The second kappa shape index (κ2) is 2.86. The molecule has 1 aliphatic heterocycles. The SMILES string of the molecule is O=C1N=NC(=O)N1[I-]I. The van der Waals surface area contributed by atoms with Crippen molar-refractivity contribution in [1.29, 1.82) is 0 Å². The predicted molar refractivity (Wildman–Crippen MR) is 31.5 cm³/mol. The summed E-state index contributed by atoms with van der Waals surface area (Å²) >= 11 is 1.43. The third kappa shape index (κ3) is 1.36. The standard InChI is InChI=1S/C2I2N3O2/c3-4-7-1(8)5-6-2(7)9/q-1.